The van der Waals surface area contributed by atoms with Crippen LogP contribution in [-0.2, 0) is 33.7 Å². The number of thioether (sulfide) groups is 1. The van der Waals surface area contributed by atoms with Gasteiger partial charge in [-0.05, 0) is 85.1 Å². The zero-order valence-electron chi connectivity index (χ0n) is 26.1. The molecule has 1 N–H and O–H groups in total. The molecule has 1 aromatic carbocycles. The molecule has 0 saturated heterocycles. The number of esters is 1. The van der Waals surface area contributed by atoms with Gasteiger partial charge in [-0.25, -0.2) is 19.7 Å². The predicted octanol–water partition coefficient (Wildman–Crippen LogP) is 7.30. The van der Waals surface area contributed by atoms with E-state index in [0.717, 1.165) is 27.6 Å². The van der Waals surface area contributed by atoms with Crippen LogP contribution < -0.4 is 10.2 Å². The van der Waals surface area contributed by atoms with E-state index in [2.05, 4.69) is 27.1 Å². The van der Waals surface area contributed by atoms with Crippen LogP contribution in [0.25, 0.3) is 0 Å². The number of hydrogen-bond acceptors (Lipinski definition) is 10. The maximum Gasteiger partial charge on any atom is 0.412 e. The quantitative estimate of drug-likeness (QED) is 0.176. The van der Waals surface area contributed by atoms with Gasteiger partial charge >= 0.3 is 12.1 Å². The summed E-state index contributed by atoms with van der Waals surface area (Å²) in [6.07, 6.45) is 4.78. The van der Waals surface area contributed by atoms with Crippen molar-refractivity contribution in [1.82, 2.24) is 15.0 Å². The average Bonchev–Trinajstić information content (AvgIpc) is 3.32. The van der Waals surface area contributed by atoms with E-state index < -0.39 is 22.0 Å². The van der Waals surface area contributed by atoms with Crippen LogP contribution in [0, 0.1) is 0 Å². The molecule has 2 aromatic heterocycles. The van der Waals surface area contributed by atoms with E-state index in [9.17, 15) is 9.59 Å². The summed E-state index contributed by atoms with van der Waals surface area (Å²) in [6.45, 7) is 18.1. The second-order valence-electron chi connectivity index (χ2n) is 12.5. The molecule has 0 aliphatic rings. The van der Waals surface area contributed by atoms with Gasteiger partial charge in [-0.1, -0.05) is 30.8 Å². The minimum absolute atomic E-state index is 0.261. The Hall–Kier alpha value is -3.18. The summed E-state index contributed by atoms with van der Waals surface area (Å²) in [4.78, 5) is 41.0. The average molecular weight is 614 g/mol. The van der Waals surface area contributed by atoms with E-state index in [-0.39, 0.29) is 5.97 Å². The van der Waals surface area contributed by atoms with Crippen LogP contribution in [0.5, 0.6) is 0 Å². The first kappa shape index (κ1) is 33.3. The summed E-state index contributed by atoms with van der Waals surface area (Å²) in [7, 11) is 0. The smallest absolute Gasteiger partial charge is 0.412 e. The maximum atomic E-state index is 12.7. The molecular formula is C31H43N5O4S2. The highest BCUT2D eigenvalue weighted by molar-refractivity contribution is 8.03. The van der Waals surface area contributed by atoms with Crippen LogP contribution in [0.1, 0.15) is 79.1 Å². The van der Waals surface area contributed by atoms with Gasteiger partial charge in [0.1, 0.15) is 15.9 Å². The van der Waals surface area contributed by atoms with E-state index >= 15 is 0 Å². The molecule has 0 aliphatic heterocycles. The summed E-state index contributed by atoms with van der Waals surface area (Å²) in [6, 6.07) is 7.65. The third-order valence-corrected chi connectivity index (χ3v) is 7.92. The van der Waals surface area contributed by atoms with E-state index in [0.29, 0.717) is 31.1 Å². The summed E-state index contributed by atoms with van der Waals surface area (Å²) < 4.78 is 11.0. The second-order valence-corrected chi connectivity index (χ2v) is 15.2. The maximum absolute atomic E-state index is 12.7. The number of nitrogens with zero attached hydrogens (tertiary/aromatic N) is 4. The van der Waals surface area contributed by atoms with Crippen molar-refractivity contribution in [2.75, 3.05) is 16.8 Å². The molecule has 3 aromatic rings. The molecule has 228 valence electrons. The molecule has 0 aliphatic carbocycles. The number of ether oxygens (including phenoxy) is 2. The Labute approximate surface area is 257 Å². The Morgan fingerprint density at radius 2 is 1.55 bits per heavy atom. The van der Waals surface area contributed by atoms with Crippen molar-refractivity contribution >= 4 is 46.8 Å². The number of nitrogens with one attached hydrogen (secondary N) is 1. The largest absolute Gasteiger partial charge is 0.459 e. The first-order chi connectivity index (χ1) is 19.5. The fraction of sp³-hybridized carbons (Fsp3) is 0.516. The summed E-state index contributed by atoms with van der Waals surface area (Å²) in [5.41, 5.74) is 2.60. The normalized spacial score (nSPS) is 12.1. The van der Waals surface area contributed by atoms with Gasteiger partial charge in [-0.15, -0.1) is 11.3 Å². The van der Waals surface area contributed by atoms with Crippen LogP contribution >= 0.6 is 23.1 Å². The van der Waals surface area contributed by atoms with Crippen LogP contribution in [0.15, 0.2) is 46.4 Å². The number of aryl methyl sites for hydroxylation is 1. The lowest BCUT2D eigenvalue weighted by Gasteiger charge is -2.27. The molecule has 42 heavy (non-hydrogen) atoms. The Balaban J connectivity index is 1.69. The highest BCUT2D eigenvalue weighted by Crippen LogP contribution is 2.36. The molecule has 9 nitrogen and oxygen atoms in total. The number of benzene rings is 1. The number of aromatic nitrogens is 3. The van der Waals surface area contributed by atoms with Crippen molar-refractivity contribution in [1.29, 1.82) is 0 Å². The number of anilines is 2. The van der Waals surface area contributed by atoms with Gasteiger partial charge in [-0.2, -0.15) is 0 Å². The van der Waals surface area contributed by atoms with Crippen molar-refractivity contribution in [3.63, 3.8) is 0 Å². The molecule has 1 amide bonds. The summed E-state index contributed by atoms with van der Waals surface area (Å²) >= 11 is 2.94. The first-order valence-corrected chi connectivity index (χ1v) is 15.7. The van der Waals surface area contributed by atoms with Gasteiger partial charge in [0.25, 0.3) is 0 Å². The van der Waals surface area contributed by atoms with E-state index in [4.69, 9.17) is 14.5 Å². The van der Waals surface area contributed by atoms with Crippen LogP contribution in [0.3, 0.4) is 0 Å². The predicted molar refractivity (Wildman–Crippen MR) is 170 cm³/mol. The zero-order chi connectivity index (χ0) is 31.1. The van der Waals surface area contributed by atoms with E-state index in [1.54, 1.807) is 0 Å². The van der Waals surface area contributed by atoms with Crippen molar-refractivity contribution < 1.29 is 19.1 Å². The standard InChI is InChI=1S/C31H43N5O4S2/c1-10-21-17-32-26(33-18-21)36(19-22-11-13-23(14-12-22)34-27(38)40-30(5,6)7)16-15-24-20-41-28(35-24)42-31(8,9)25(37)39-29(2,3)4/h11-14,17-18,20H,10,15-16,19H2,1-9H3,(H,34,38). The fourth-order valence-corrected chi connectivity index (χ4v) is 5.90. The van der Waals surface area contributed by atoms with Crippen LogP contribution in [0.2, 0.25) is 0 Å². The summed E-state index contributed by atoms with van der Waals surface area (Å²) in [5, 5.41) is 4.80. The van der Waals surface area contributed by atoms with Crippen LogP contribution in [0.4, 0.5) is 16.4 Å². The Morgan fingerprint density at radius 3 is 2.12 bits per heavy atom. The number of hydrogen-bond donors (Lipinski definition) is 1. The van der Waals surface area contributed by atoms with Gasteiger partial charge in [0.15, 0.2) is 4.34 Å². The Kier molecular flexibility index (Phi) is 11.0. The van der Waals surface area contributed by atoms with Crippen molar-refractivity contribution in [2.45, 2.75) is 102 Å². The number of carbonyl (C=O) groups is 2. The SMILES string of the molecule is CCc1cnc(N(CCc2csc(SC(C)(C)C(=O)OC(C)(C)C)n2)Cc2ccc(NC(=O)OC(C)(C)C)cc2)nc1. The van der Waals surface area contributed by atoms with Crippen molar-refractivity contribution in [3.8, 4) is 0 Å². The van der Waals surface area contributed by atoms with Gasteiger partial charge in [0.2, 0.25) is 5.95 Å². The second kappa shape index (κ2) is 13.9. The van der Waals surface area contributed by atoms with E-state index in [1.807, 2.05) is 97.4 Å². The molecule has 3 rings (SSSR count). The topological polar surface area (TPSA) is 107 Å². The van der Waals surface area contributed by atoms with Crippen molar-refractivity contribution in [3.05, 3.63) is 58.9 Å². The van der Waals surface area contributed by atoms with Crippen molar-refractivity contribution in [2.24, 2.45) is 0 Å². The highest BCUT2D eigenvalue weighted by Gasteiger charge is 2.34. The molecular weight excluding hydrogens is 571 g/mol. The van der Waals surface area contributed by atoms with Gasteiger partial charge in [-0.3, -0.25) is 10.1 Å². The van der Waals surface area contributed by atoms with E-state index in [1.165, 1.54) is 23.1 Å². The fourth-order valence-electron chi connectivity index (χ4n) is 3.64. The Bertz CT molecular complexity index is 1330. The molecule has 0 unspecified atom stereocenters. The lowest BCUT2D eigenvalue weighted by molar-refractivity contribution is -0.156. The number of amides is 1. The molecule has 11 heteroatoms. The van der Waals surface area contributed by atoms with Gasteiger partial charge in [0.05, 0.1) is 5.69 Å². The molecule has 0 saturated carbocycles. The number of rotatable bonds is 11. The minimum Gasteiger partial charge on any atom is -0.459 e. The molecule has 0 spiro atoms. The van der Waals surface area contributed by atoms with Crippen LogP contribution in [-0.4, -0.2) is 49.5 Å². The lowest BCUT2D eigenvalue weighted by atomic mass is 10.1. The molecule has 0 fully saturated rings. The number of thiazole rings is 1. The lowest BCUT2D eigenvalue weighted by Crippen LogP contribution is -2.36. The monoisotopic (exact) mass is 613 g/mol. The molecule has 0 radical (unpaired) electrons. The Morgan fingerprint density at radius 1 is 0.929 bits per heavy atom. The first-order valence-electron chi connectivity index (χ1n) is 14.0. The summed E-state index contributed by atoms with van der Waals surface area (Å²) in [5.74, 6) is 0.377. The molecule has 2 heterocycles. The van der Waals surface area contributed by atoms with Gasteiger partial charge < -0.3 is 14.4 Å². The zero-order valence-corrected chi connectivity index (χ0v) is 27.7. The molecule has 0 bridgehead atoms. The van der Waals surface area contributed by atoms with Gasteiger partial charge in [0, 0.05) is 43.0 Å². The number of carbonyl (C=O) groups excluding carboxylic acids is 2. The highest BCUT2D eigenvalue weighted by atomic mass is 32.2. The molecule has 0 atom stereocenters. The third-order valence-electron chi connectivity index (χ3n) is 5.76. The minimum atomic E-state index is -0.756. The third kappa shape index (κ3) is 10.9.